The molecule has 90 valence electrons. The van der Waals surface area contributed by atoms with Gasteiger partial charge in [-0.05, 0) is 32.0 Å². The monoisotopic (exact) mass is 254 g/mol. The van der Waals surface area contributed by atoms with Crippen molar-refractivity contribution in [3.63, 3.8) is 0 Å². The van der Waals surface area contributed by atoms with Crippen molar-refractivity contribution in [1.82, 2.24) is 4.98 Å². The van der Waals surface area contributed by atoms with Gasteiger partial charge in [-0.2, -0.15) is 0 Å². The van der Waals surface area contributed by atoms with Gasteiger partial charge in [0.15, 0.2) is 0 Å². The molecule has 0 aliphatic heterocycles. The van der Waals surface area contributed by atoms with E-state index in [1.807, 2.05) is 0 Å². The SMILES string of the molecule is CC(C)(N)c1cc2cc(Cl)cc(F)c2[nH]c1=O. The minimum atomic E-state index is -0.791. The van der Waals surface area contributed by atoms with Gasteiger partial charge in [0.05, 0.1) is 5.52 Å². The molecule has 0 aliphatic rings. The second kappa shape index (κ2) is 3.82. The van der Waals surface area contributed by atoms with E-state index in [2.05, 4.69) is 4.98 Å². The molecule has 5 heteroatoms. The van der Waals surface area contributed by atoms with Crippen molar-refractivity contribution < 1.29 is 4.39 Å². The second-order valence-electron chi connectivity index (χ2n) is 4.59. The van der Waals surface area contributed by atoms with E-state index >= 15 is 0 Å². The van der Waals surface area contributed by atoms with Gasteiger partial charge in [-0.25, -0.2) is 4.39 Å². The molecule has 0 bridgehead atoms. The van der Waals surface area contributed by atoms with Gasteiger partial charge in [-0.3, -0.25) is 4.79 Å². The summed E-state index contributed by atoms with van der Waals surface area (Å²) in [5.41, 5.74) is 5.24. The first kappa shape index (κ1) is 12.1. The molecule has 0 atom stereocenters. The van der Waals surface area contributed by atoms with Gasteiger partial charge in [0.1, 0.15) is 5.82 Å². The topological polar surface area (TPSA) is 58.9 Å². The quantitative estimate of drug-likeness (QED) is 0.822. The third-order valence-electron chi connectivity index (χ3n) is 2.56. The molecular weight excluding hydrogens is 243 g/mol. The van der Waals surface area contributed by atoms with Crippen LogP contribution in [0.2, 0.25) is 5.02 Å². The van der Waals surface area contributed by atoms with Crippen LogP contribution in [-0.2, 0) is 5.54 Å². The predicted octanol–water partition coefficient (Wildman–Crippen LogP) is 2.51. The lowest BCUT2D eigenvalue weighted by atomic mass is 9.96. The second-order valence-corrected chi connectivity index (χ2v) is 5.02. The number of hydrogen-bond acceptors (Lipinski definition) is 2. The highest BCUT2D eigenvalue weighted by atomic mass is 35.5. The lowest BCUT2D eigenvalue weighted by Gasteiger charge is -2.18. The highest BCUT2D eigenvalue weighted by Crippen LogP contribution is 2.23. The van der Waals surface area contributed by atoms with Crippen LogP contribution in [0.3, 0.4) is 0 Å². The molecule has 0 saturated heterocycles. The van der Waals surface area contributed by atoms with Crippen molar-refractivity contribution in [2.24, 2.45) is 5.73 Å². The van der Waals surface area contributed by atoms with E-state index in [4.69, 9.17) is 17.3 Å². The number of aromatic amines is 1. The molecule has 0 unspecified atom stereocenters. The molecule has 1 heterocycles. The first-order valence-electron chi connectivity index (χ1n) is 5.10. The summed E-state index contributed by atoms with van der Waals surface area (Å²) >= 11 is 5.77. The van der Waals surface area contributed by atoms with E-state index in [1.54, 1.807) is 26.0 Å². The van der Waals surface area contributed by atoms with Crippen LogP contribution in [0.1, 0.15) is 19.4 Å². The Kier molecular flexibility index (Phi) is 2.72. The Morgan fingerprint density at radius 1 is 1.35 bits per heavy atom. The molecule has 0 aliphatic carbocycles. The average molecular weight is 255 g/mol. The van der Waals surface area contributed by atoms with Crippen LogP contribution in [0.5, 0.6) is 0 Å². The number of halogens is 2. The third kappa shape index (κ3) is 2.18. The number of fused-ring (bicyclic) bond motifs is 1. The number of H-pyrrole nitrogens is 1. The fourth-order valence-electron chi connectivity index (χ4n) is 1.72. The molecule has 0 spiro atoms. The Balaban J connectivity index is 2.86. The molecule has 1 aromatic carbocycles. The number of hydrogen-bond donors (Lipinski definition) is 2. The molecule has 0 saturated carbocycles. The van der Waals surface area contributed by atoms with E-state index in [9.17, 15) is 9.18 Å². The van der Waals surface area contributed by atoms with Gasteiger partial charge in [0, 0.05) is 21.5 Å². The number of nitrogens with two attached hydrogens (primary N) is 1. The molecule has 2 rings (SSSR count). The zero-order chi connectivity index (χ0) is 12.8. The molecule has 3 nitrogen and oxygen atoms in total. The largest absolute Gasteiger partial charge is 0.322 e. The van der Waals surface area contributed by atoms with E-state index in [-0.39, 0.29) is 16.1 Å². The Bertz CT molecular complexity index is 643. The predicted molar refractivity (Wildman–Crippen MR) is 66.8 cm³/mol. The maximum Gasteiger partial charge on any atom is 0.253 e. The van der Waals surface area contributed by atoms with Gasteiger partial charge in [0.2, 0.25) is 0 Å². The fraction of sp³-hybridized carbons (Fsp3) is 0.250. The first-order valence-corrected chi connectivity index (χ1v) is 5.48. The number of nitrogens with one attached hydrogen (secondary N) is 1. The highest BCUT2D eigenvalue weighted by Gasteiger charge is 2.19. The van der Waals surface area contributed by atoms with Crippen LogP contribution in [-0.4, -0.2) is 4.98 Å². The Labute approximate surface area is 102 Å². The maximum absolute atomic E-state index is 13.6. The van der Waals surface area contributed by atoms with Gasteiger partial charge < -0.3 is 10.7 Å². The fourth-order valence-corrected chi connectivity index (χ4v) is 1.93. The molecule has 0 radical (unpaired) electrons. The van der Waals surface area contributed by atoms with Crippen LogP contribution in [0.25, 0.3) is 10.9 Å². The highest BCUT2D eigenvalue weighted by molar-refractivity contribution is 6.31. The van der Waals surface area contributed by atoms with Crippen molar-refractivity contribution >= 4 is 22.5 Å². The lowest BCUT2D eigenvalue weighted by molar-refractivity contribution is 0.547. The number of rotatable bonds is 1. The summed E-state index contributed by atoms with van der Waals surface area (Å²) in [6, 6.07) is 4.32. The minimum Gasteiger partial charge on any atom is -0.322 e. The van der Waals surface area contributed by atoms with Crippen LogP contribution >= 0.6 is 11.6 Å². The molecule has 3 N–H and O–H groups in total. The van der Waals surface area contributed by atoms with Gasteiger partial charge >= 0.3 is 0 Å². The van der Waals surface area contributed by atoms with Crippen LogP contribution in [0, 0.1) is 5.82 Å². The van der Waals surface area contributed by atoms with Crippen molar-refractivity contribution in [1.29, 1.82) is 0 Å². The lowest BCUT2D eigenvalue weighted by Crippen LogP contribution is -2.35. The zero-order valence-corrected chi connectivity index (χ0v) is 10.2. The molecule has 2 aromatic rings. The Morgan fingerprint density at radius 2 is 2.00 bits per heavy atom. The van der Waals surface area contributed by atoms with E-state index < -0.39 is 11.4 Å². The van der Waals surface area contributed by atoms with Crippen molar-refractivity contribution in [3.05, 3.63) is 45.0 Å². The summed E-state index contributed by atoms with van der Waals surface area (Å²) in [6.07, 6.45) is 0. The van der Waals surface area contributed by atoms with Crippen molar-refractivity contribution in [3.8, 4) is 0 Å². The molecule has 17 heavy (non-hydrogen) atoms. The Hall–Kier alpha value is -1.39. The number of aromatic nitrogens is 1. The minimum absolute atomic E-state index is 0.146. The first-order chi connectivity index (χ1) is 7.79. The Morgan fingerprint density at radius 3 is 2.59 bits per heavy atom. The normalized spacial score (nSPS) is 12.1. The van der Waals surface area contributed by atoms with Crippen LogP contribution in [0.4, 0.5) is 4.39 Å². The van der Waals surface area contributed by atoms with E-state index in [0.29, 0.717) is 10.9 Å². The number of benzene rings is 1. The van der Waals surface area contributed by atoms with Crippen molar-refractivity contribution in [2.75, 3.05) is 0 Å². The summed E-state index contributed by atoms with van der Waals surface area (Å²) in [5.74, 6) is -0.550. The summed E-state index contributed by atoms with van der Waals surface area (Å²) in [6.45, 7) is 3.43. The molecule has 0 amide bonds. The summed E-state index contributed by atoms with van der Waals surface area (Å²) in [5, 5.41) is 0.811. The van der Waals surface area contributed by atoms with E-state index in [1.165, 1.54) is 0 Å². The van der Waals surface area contributed by atoms with Gasteiger partial charge in [-0.1, -0.05) is 11.6 Å². The van der Waals surface area contributed by atoms with Crippen LogP contribution < -0.4 is 11.3 Å². The van der Waals surface area contributed by atoms with Crippen molar-refractivity contribution in [2.45, 2.75) is 19.4 Å². The molecule has 1 aromatic heterocycles. The van der Waals surface area contributed by atoms with Gasteiger partial charge in [0.25, 0.3) is 5.56 Å². The maximum atomic E-state index is 13.6. The summed E-state index contributed by atoms with van der Waals surface area (Å²) in [7, 11) is 0. The molecule has 0 fully saturated rings. The van der Waals surface area contributed by atoms with E-state index in [0.717, 1.165) is 6.07 Å². The smallest absolute Gasteiger partial charge is 0.253 e. The summed E-state index contributed by atoms with van der Waals surface area (Å²) in [4.78, 5) is 14.3. The average Bonchev–Trinajstić information content (AvgIpc) is 2.16. The molecular formula is C12H12ClFN2O. The number of pyridine rings is 1. The summed E-state index contributed by atoms with van der Waals surface area (Å²) < 4.78 is 13.6. The zero-order valence-electron chi connectivity index (χ0n) is 9.47. The standard InChI is InChI=1S/C12H12ClFN2O/c1-12(2,15)8-4-6-3-7(13)5-9(14)10(6)16-11(8)17/h3-5H,15H2,1-2H3,(H,16,17). The van der Waals surface area contributed by atoms with Crippen LogP contribution in [0.15, 0.2) is 23.0 Å². The van der Waals surface area contributed by atoms with Gasteiger partial charge in [-0.15, -0.1) is 0 Å². The third-order valence-corrected chi connectivity index (χ3v) is 2.78.